The Kier molecular flexibility index (Phi) is 2.90. The maximum Gasteiger partial charge on any atom is 0.111 e. The van der Waals surface area contributed by atoms with Crippen molar-refractivity contribution in [2.75, 3.05) is 19.8 Å². The monoisotopic (exact) mass is 308 g/mol. The fourth-order valence-electron chi connectivity index (χ4n) is 4.11. The van der Waals surface area contributed by atoms with Gasteiger partial charge in [0.25, 0.3) is 0 Å². The molecule has 2 atom stereocenters. The predicted molar refractivity (Wildman–Crippen MR) is 89.3 cm³/mol. The highest BCUT2D eigenvalue weighted by Gasteiger charge is 2.34. The lowest BCUT2D eigenvalue weighted by atomic mass is 9.98. The normalized spacial score (nSPS) is 25.8. The summed E-state index contributed by atoms with van der Waals surface area (Å²) in [5.74, 6) is 1.30. The molecule has 0 amide bonds. The molecular weight excluding hydrogens is 288 g/mol. The molecule has 2 N–H and O–H groups in total. The molecule has 2 unspecified atom stereocenters. The van der Waals surface area contributed by atoms with E-state index < -0.39 is 0 Å². The average molecular weight is 308 g/mol. The summed E-state index contributed by atoms with van der Waals surface area (Å²) in [6.07, 6.45) is 3.00. The van der Waals surface area contributed by atoms with E-state index in [9.17, 15) is 0 Å². The van der Waals surface area contributed by atoms with Gasteiger partial charge in [0, 0.05) is 13.1 Å². The van der Waals surface area contributed by atoms with Gasteiger partial charge in [-0.25, -0.2) is 9.97 Å². The summed E-state index contributed by atoms with van der Waals surface area (Å²) in [5.41, 5.74) is 10.2. The van der Waals surface area contributed by atoms with Gasteiger partial charge in [-0.15, -0.1) is 0 Å². The molecule has 23 heavy (non-hydrogen) atoms. The molecule has 3 aliphatic rings. The highest BCUT2D eigenvalue weighted by molar-refractivity contribution is 5.78. The van der Waals surface area contributed by atoms with Crippen LogP contribution >= 0.6 is 0 Å². The van der Waals surface area contributed by atoms with Crippen LogP contribution in [0.3, 0.4) is 0 Å². The van der Waals surface area contributed by atoms with Crippen LogP contribution in [0.4, 0.5) is 0 Å². The lowest BCUT2D eigenvalue weighted by Gasteiger charge is -2.19. The first-order valence-corrected chi connectivity index (χ1v) is 8.29. The molecule has 1 aromatic carbocycles. The third-order valence-corrected chi connectivity index (χ3v) is 5.30. The molecule has 2 bridgehead atoms. The van der Waals surface area contributed by atoms with Gasteiger partial charge < -0.3 is 10.7 Å². The van der Waals surface area contributed by atoms with Gasteiger partial charge in [-0.2, -0.15) is 5.01 Å². The fourth-order valence-corrected chi connectivity index (χ4v) is 4.11. The Labute approximate surface area is 135 Å². The molecule has 1 saturated heterocycles. The Morgan fingerprint density at radius 3 is 2.57 bits per heavy atom. The van der Waals surface area contributed by atoms with Crippen molar-refractivity contribution in [2.45, 2.75) is 31.7 Å². The van der Waals surface area contributed by atoms with Crippen molar-refractivity contribution in [1.82, 2.24) is 25.7 Å². The number of aromatic nitrogens is 2. The summed E-state index contributed by atoms with van der Waals surface area (Å²) in [4.78, 5) is 13.9. The summed E-state index contributed by atoms with van der Waals surface area (Å²) < 4.78 is 0. The van der Waals surface area contributed by atoms with Gasteiger partial charge in [-0.05, 0) is 48.4 Å². The Balaban J connectivity index is 1.57. The highest BCUT2D eigenvalue weighted by atomic mass is 15.6. The van der Waals surface area contributed by atoms with Gasteiger partial charge in [0.15, 0.2) is 0 Å². The van der Waals surface area contributed by atoms with Crippen LogP contribution in [0.2, 0.25) is 0 Å². The van der Waals surface area contributed by atoms with Crippen molar-refractivity contribution in [3.63, 3.8) is 0 Å². The van der Waals surface area contributed by atoms with E-state index in [0.29, 0.717) is 18.5 Å². The van der Waals surface area contributed by atoms with Crippen LogP contribution in [0, 0.1) is 6.92 Å². The second kappa shape index (κ2) is 4.97. The van der Waals surface area contributed by atoms with Gasteiger partial charge >= 0.3 is 0 Å². The number of fused-ring (bicyclic) bond motifs is 6. The molecule has 6 heteroatoms. The summed E-state index contributed by atoms with van der Waals surface area (Å²) in [6.45, 7) is 5.63. The van der Waals surface area contributed by atoms with Crippen molar-refractivity contribution < 1.29 is 0 Å². The minimum absolute atomic E-state index is 0.647. The first-order chi connectivity index (χ1) is 11.3. The minimum Gasteiger partial charge on any atom is -0.316 e. The second-order valence-corrected chi connectivity index (χ2v) is 6.79. The third kappa shape index (κ3) is 2.13. The summed E-state index contributed by atoms with van der Waals surface area (Å²) >= 11 is 0. The molecule has 6 nitrogen and oxygen atoms in total. The zero-order valence-corrected chi connectivity index (χ0v) is 13.2. The molecule has 1 aromatic heterocycles. The van der Waals surface area contributed by atoms with Crippen LogP contribution in [0.5, 0.6) is 0 Å². The van der Waals surface area contributed by atoms with E-state index in [1.54, 1.807) is 6.34 Å². The molecule has 0 spiro atoms. The van der Waals surface area contributed by atoms with E-state index in [0.717, 1.165) is 42.1 Å². The highest BCUT2D eigenvalue weighted by Crippen LogP contribution is 2.44. The third-order valence-electron chi connectivity index (χ3n) is 5.30. The number of rotatable bonds is 2. The smallest absolute Gasteiger partial charge is 0.111 e. The maximum atomic E-state index is 4.91. The standard InChI is InChI=1S/C17H20N6/c1-10-17(7-23-9-19-8-20-23)22-16-4-14-12-2-11(5-18-6-12)13(14)3-15(16)21-10/h3-4,8,11-12,18H,2,5-7,9H2,1H3,(H,19,20). The number of aliphatic imine (C=N–C) groups is 1. The first-order valence-electron chi connectivity index (χ1n) is 8.29. The number of hydrogen-bond acceptors (Lipinski definition) is 6. The number of hydrazine groups is 1. The van der Waals surface area contributed by atoms with Gasteiger partial charge in [0.1, 0.15) is 6.67 Å². The van der Waals surface area contributed by atoms with E-state index in [1.165, 1.54) is 17.5 Å². The number of benzene rings is 1. The Hall–Kier alpha value is -2.05. The fraction of sp³-hybridized carbons (Fsp3) is 0.471. The Morgan fingerprint density at radius 1 is 1.13 bits per heavy atom. The van der Waals surface area contributed by atoms with Crippen molar-refractivity contribution in [3.8, 4) is 0 Å². The number of piperidine rings is 1. The zero-order valence-electron chi connectivity index (χ0n) is 13.2. The molecule has 2 aromatic rings. The molecular formula is C17H20N6. The Bertz CT molecular complexity index is 806. The molecule has 118 valence electrons. The van der Waals surface area contributed by atoms with Crippen LogP contribution in [-0.4, -0.2) is 41.1 Å². The van der Waals surface area contributed by atoms with Gasteiger partial charge in [-0.3, -0.25) is 4.99 Å². The summed E-state index contributed by atoms with van der Waals surface area (Å²) in [6, 6.07) is 4.56. The van der Waals surface area contributed by atoms with Crippen molar-refractivity contribution in [1.29, 1.82) is 0 Å². The van der Waals surface area contributed by atoms with Gasteiger partial charge in [0.05, 0.1) is 35.3 Å². The molecule has 1 fully saturated rings. The number of nitrogens with one attached hydrogen (secondary N) is 2. The predicted octanol–water partition coefficient (Wildman–Crippen LogP) is 1.42. The van der Waals surface area contributed by atoms with E-state index in [-0.39, 0.29) is 0 Å². The van der Waals surface area contributed by atoms with Crippen LogP contribution in [-0.2, 0) is 6.54 Å². The van der Waals surface area contributed by atoms with E-state index in [1.807, 2.05) is 11.9 Å². The minimum atomic E-state index is 0.647. The van der Waals surface area contributed by atoms with Gasteiger partial charge in [-0.1, -0.05) is 0 Å². The van der Waals surface area contributed by atoms with Crippen LogP contribution in [0.15, 0.2) is 17.1 Å². The van der Waals surface area contributed by atoms with E-state index in [4.69, 9.17) is 9.97 Å². The van der Waals surface area contributed by atoms with Crippen LogP contribution < -0.4 is 10.7 Å². The molecule has 3 heterocycles. The molecule has 1 aliphatic carbocycles. The summed E-state index contributed by atoms with van der Waals surface area (Å²) in [7, 11) is 0. The van der Waals surface area contributed by atoms with Crippen molar-refractivity contribution >= 4 is 17.4 Å². The lowest BCUT2D eigenvalue weighted by Crippen LogP contribution is -2.31. The number of hydrogen-bond donors (Lipinski definition) is 2. The first kappa shape index (κ1) is 13.4. The van der Waals surface area contributed by atoms with Gasteiger partial charge in [0.2, 0.25) is 0 Å². The van der Waals surface area contributed by atoms with Crippen molar-refractivity contribution in [3.05, 3.63) is 34.6 Å². The van der Waals surface area contributed by atoms with Crippen LogP contribution in [0.25, 0.3) is 11.0 Å². The SMILES string of the molecule is Cc1nc2cc3c(cc2nc1CN1CN=CN1)C1CNCC3C1. The Morgan fingerprint density at radius 2 is 1.87 bits per heavy atom. The van der Waals surface area contributed by atoms with E-state index in [2.05, 4.69) is 27.9 Å². The molecule has 5 rings (SSSR count). The molecule has 0 saturated carbocycles. The zero-order chi connectivity index (χ0) is 15.4. The summed E-state index contributed by atoms with van der Waals surface area (Å²) in [5, 5.41) is 5.58. The topological polar surface area (TPSA) is 65.4 Å². The van der Waals surface area contributed by atoms with E-state index >= 15 is 0 Å². The maximum absolute atomic E-state index is 4.91. The molecule has 0 radical (unpaired) electrons. The largest absolute Gasteiger partial charge is 0.316 e. The van der Waals surface area contributed by atoms with Crippen molar-refractivity contribution in [2.24, 2.45) is 4.99 Å². The average Bonchev–Trinajstić information content (AvgIpc) is 3.15. The number of nitrogens with zero attached hydrogens (tertiary/aromatic N) is 4. The quantitative estimate of drug-likeness (QED) is 0.878. The molecule has 2 aliphatic heterocycles. The lowest BCUT2D eigenvalue weighted by molar-refractivity contribution is 0.255. The number of aryl methyl sites for hydroxylation is 1. The van der Waals surface area contributed by atoms with Crippen LogP contribution in [0.1, 0.15) is 40.8 Å². The second-order valence-electron chi connectivity index (χ2n) is 6.79.